The van der Waals surface area contributed by atoms with E-state index in [0.29, 0.717) is 5.56 Å². The molecule has 0 amide bonds. The van der Waals surface area contributed by atoms with Gasteiger partial charge in [0.1, 0.15) is 0 Å². The van der Waals surface area contributed by atoms with E-state index < -0.39 is 5.97 Å². The van der Waals surface area contributed by atoms with Crippen molar-refractivity contribution in [1.29, 1.82) is 0 Å². The molecule has 0 saturated heterocycles. The largest absolute Gasteiger partial charge is 0.478 e. The van der Waals surface area contributed by atoms with Gasteiger partial charge in [0.15, 0.2) is 0 Å². The first-order chi connectivity index (χ1) is 8.25. The van der Waals surface area contributed by atoms with Crippen molar-refractivity contribution in [3.63, 3.8) is 0 Å². The van der Waals surface area contributed by atoms with Crippen LogP contribution in [0.4, 0.5) is 0 Å². The van der Waals surface area contributed by atoms with Gasteiger partial charge in [-0.2, -0.15) is 11.8 Å². The first-order valence-corrected chi connectivity index (χ1v) is 7.00. The molecule has 17 heavy (non-hydrogen) atoms. The molecule has 0 aliphatic heterocycles. The topological polar surface area (TPSA) is 49.3 Å². The van der Waals surface area contributed by atoms with Gasteiger partial charge in [-0.15, -0.1) is 0 Å². The van der Waals surface area contributed by atoms with E-state index in [4.69, 9.17) is 5.11 Å². The van der Waals surface area contributed by atoms with Crippen molar-refractivity contribution in [2.75, 3.05) is 24.6 Å². The van der Waals surface area contributed by atoms with E-state index >= 15 is 0 Å². The molecule has 0 bridgehead atoms. The number of benzene rings is 1. The summed E-state index contributed by atoms with van der Waals surface area (Å²) in [5.74, 6) is 1.41. The van der Waals surface area contributed by atoms with E-state index in [1.807, 2.05) is 23.9 Å². The van der Waals surface area contributed by atoms with Crippen LogP contribution in [0.1, 0.15) is 22.8 Å². The Morgan fingerprint density at radius 2 is 2.12 bits per heavy atom. The van der Waals surface area contributed by atoms with Crippen LogP contribution in [0, 0.1) is 0 Å². The Kier molecular flexibility index (Phi) is 6.74. The molecule has 2 N–H and O–H groups in total. The summed E-state index contributed by atoms with van der Waals surface area (Å²) in [6.45, 7) is 3.95. The second-order valence-corrected chi connectivity index (χ2v) is 5.05. The smallest absolute Gasteiger partial charge is 0.335 e. The number of rotatable bonds is 8. The van der Waals surface area contributed by atoms with Crippen LogP contribution in [0.25, 0.3) is 0 Å². The van der Waals surface area contributed by atoms with Crippen molar-refractivity contribution in [2.45, 2.75) is 13.3 Å². The van der Waals surface area contributed by atoms with Gasteiger partial charge in [-0.1, -0.05) is 25.1 Å². The van der Waals surface area contributed by atoms with E-state index in [1.165, 1.54) is 0 Å². The fourth-order valence-electron chi connectivity index (χ4n) is 1.58. The zero-order valence-corrected chi connectivity index (χ0v) is 10.9. The number of thioether (sulfide) groups is 1. The second kappa shape index (κ2) is 8.14. The molecule has 0 aliphatic rings. The lowest BCUT2D eigenvalue weighted by Crippen LogP contribution is -2.21. The molecular weight excluding hydrogens is 234 g/mol. The maximum atomic E-state index is 11.0. The lowest BCUT2D eigenvalue weighted by Gasteiger charge is -2.07. The fraction of sp³-hybridized carbons (Fsp3) is 0.462. The zero-order chi connectivity index (χ0) is 12.5. The molecule has 0 fully saturated rings. The van der Waals surface area contributed by atoms with Gasteiger partial charge in [-0.25, -0.2) is 4.79 Å². The Bertz CT molecular complexity index is 355. The molecule has 0 saturated carbocycles. The van der Waals surface area contributed by atoms with Crippen LogP contribution >= 0.6 is 11.8 Å². The first-order valence-electron chi connectivity index (χ1n) is 5.85. The third kappa shape index (κ3) is 5.24. The predicted octanol–water partition coefficient (Wildman–Crippen LogP) is 2.27. The minimum absolute atomic E-state index is 0.414. The maximum Gasteiger partial charge on any atom is 0.335 e. The average Bonchev–Trinajstić information content (AvgIpc) is 2.34. The van der Waals surface area contributed by atoms with Crippen molar-refractivity contribution in [2.24, 2.45) is 0 Å². The van der Waals surface area contributed by atoms with Gasteiger partial charge >= 0.3 is 5.97 Å². The summed E-state index contributed by atoms with van der Waals surface area (Å²) in [6, 6.07) is 7.18. The molecule has 1 aromatic carbocycles. The molecule has 0 aromatic heterocycles. The third-order valence-corrected chi connectivity index (χ3v) is 3.35. The van der Waals surface area contributed by atoms with Crippen molar-refractivity contribution in [1.82, 2.24) is 5.32 Å². The average molecular weight is 253 g/mol. The Labute approximate surface area is 107 Å². The molecule has 0 unspecified atom stereocenters. The Balaban J connectivity index is 2.34. The zero-order valence-electron chi connectivity index (χ0n) is 10.1. The van der Waals surface area contributed by atoms with Gasteiger partial charge in [0.2, 0.25) is 0 Å². The predicted molar refractivity (Wildman–Crippen MR) is 73.0 cm³/mol. The molecular formula is C13H19NO2S. The van der Waals surface area contributed by atoms with E-state index in [2.05, 4.69) is 12.2 Å². The van der Waals surface area contributed by atoms with Crippen LogP contribution in [0.15, 0.2) is 24.3 Å². The van der Waals surface area contributed by atoms with Crippen LogP contribution < -0.4 is 5.32 Å². The van der Waals surface area contributed by atoms with Crippen molar-refractivity contribution < 1.29 is 9.90 Å². The highest BCUT2D eigenvalue weighted by Gasteiger charge is 2.07. The minimum atomic E-state index is -0.845. The molecule has 0 heterocycles. The highest BCUT2D eigenvalue weighted by molar-refractivity contribution is 7.99. The molecule has 1 rings (SSSR count). The van der Waals surface area contributed by atoms with E-state index in [9.17, 15) is 4.79 Å². The summed E-state index contributed by atoms with van der Waals surface area (Å²) >= 11 is 1.91. The number of hydrogen-bond acceptors (Lipinski definition) is 3. The van der Waals surface area contributed by atoms with Gasteiger partial charge in [0.05, 0.1) is 5.56 Å². The molecule has 0 atom stereocenters. The van der Waals surface area contributed by atoms with Gasteiger partial charge in [0.25, 0.3) is 0 Å². The van der Waals surface area contributed by atoms with Gasteiger partial charge < -0.3 is 10.4 Å². The summed E-state index contributed by atoms with van der Waals surface area (Å²) < 4.78 is 0. The summed E-state index contributed by atoms with van der Waals surface area (Å²) in [5, 5.41) is 12.3. The summed E-state index contributed by atoms with van der Waals surface area (Å²) in [4.78, 5) is 11.0. The number of carboxylic acid groups (broad SMARTS) is 1. The third-order valence-electron chi connectivity index (χ3n) is 2.45. The van der Waals surface area contributed by atoms with Gasteiger partial charge in [0, 0.05) is 12.3 Å². The van der Waals surface area contributed by atoms with Crippen molar-refractivity contribution in [3.8, 4) is 0 Å². The Hall–Kier alpha value is -1.00. The molecule has 4 heteroatoms. The Morgan fingerprint density at radius 3 is 2.82 bits per heavy atom. The number of nitrogens with one attached hydrogen (secondary N) is 1. The number of hydrogen-bond donors (Lipinski definition) is 2. The SMILES string of the molecule is CCSCCNCCc1ccccc1C(=O)O. The van der Waals surface area contributed by atoms with Gasteiger partial charge in [-0.3, -0.25) is 0 Å². The lowest BCUT2D eigenvalue weighted by molar-refractivity contribution is 0.0695. The van der Waals surface area contributed by atoms with E-state index in [1.54, 1.807) is 12.1 Å². The Morgan fingerprint density at radius 1 is 1.35 bits per heavy atom. The van der Waals surface area contributed by atoms with Crippen LogP contribution in [0.5, 0.6) is 0 Å². The fourth-order valence-corrected chi connectivity index (χ4v) is 2.16. The van der Waals surface area contributed by atoms with Crippen LogP contribution in [-0.4, -0.2) is 35.7 Å². The van der Waals surface area contributed by atoms with Crippen molar-refractivity contribution in [3.05, 3.63) is 35.4 Å². The molecule has 3 nitrogen and oxygen atoms in total. The number of carbonyl (C=O) groups is 1. The molecule has 1 aromatic rings. The highest BCUT2D eigenvalue weighted by atomic mass is 32.2. The van der Waals surface area contributed by atoms with E-state index in [0.717, 1.165) is 36.6 Å². The lowest BCUT2D eigenvalue weighted by atomic mass is 10.0. The summed E-state index contributed by atoms with van der Waals surface area (Å²) in [6.07, 6.45) is 0.763. The minimum Gasteiger partial charge on any atom is -0.478 e. The normalized spacial score (nSPS) is 10.4. The second-order valence-electron chi connectivity index (χ2n) is 3.66. The van der Waals surface area contributed by atoms with Crippen LogP contribution in [0.2, 0.25) is 0 Å². The molecule has 94 valence electrons. The highest BCUT2D eigenvalue weighted by Crippen LogP contribution is 2.08. The first kappa shape index (κ1) is 14.1. The van der Waals surface area contributed by atoms with Crippen LogP contribution in [-0.2, 0) is 6.42 Å². The van der Waals surface area contributed by atoms with Gasteiger partial charge in [-0.05, 0) is 30.3 Å². The van der Waals surface area contributed by atoms with E-state index in [-0.39, 0.29) is 0 Å². The number of carboxylic acids is 1. The molecule has 0 aliphatic carbocycles. The summed E-state index contributed by atoms with van der Waals surface area (Å²) in [7, 11) is 0. The summed E-state index contributed by atoms with van der Waals surface area (Å²) in [5.41, 5.74) is 1.31. The number of aromatic carboxylic acids is 1. The standard InChI is InChI=1S/C13H19NO2S/c1-2-17-10-9-14-8-7-11-5-3-4-6-12(11)13(15)16/h3-6,14H,2,7-10H2,1H3,(H,15,16). The van der Waals surface area contributed by atoms with Crippen LogP contribution in [0.3, 0.4) is 0 Å². The quantitative estimate of drug-likeness (QED) is 0.698. The maximum absolute atomic E-state index is 11.0. The molecule has 0 radical (unpaired) electrons. The molecule has 0 spiro atoms. The van der Waals surface area contributed by atoms with Crippen molar-refractivity contribution >= 4 is 17.7 Å². The monoisotopic (exact) mass is 253 g/mol.